The average molecular weight is 551 g/mol. The van der Waals surface area contributed by atoms with E-state index < -0.39 is 53.9 Å². The molecule has 6 nitrogen and oxygen atoms in total. The number of halogens is 2. The van der Waals surface area contributed by atoms with E-state index >= 15 is 8.78 Å². The average Bonchev–Trinajstić information content (AvgIpc) is 2.97. The van der Waals surface area contributed by atoms with Crippen LogP contribution in [0, 0.1) is 11.8 Å². The Morgan fingerprint density at radius 1 is 0.875 bits per heavy atom. The number of benzene rings is 3. The standard InChI is InChI=1S/C32H36F2N2O4/c1-3-22(2)28(36-31(39)40-21-24-15-9-5-10-16-24)29(37)26(19-23-13-7-4-8-14-23)30(38)32(33,34)20-27(35)25-17-11-6-12-18-25/h4-18,22,26-28H,3,19-21,35H2,1-2H3,(H,36,39). The highest BCUT2D eigenvalue weighted by Gasteiger charge is 2.48. The quantitative estimate of drug-likeness (QED) is 0.238. The van der Waals surface area contributed by atoms with Crippen LogP contribution in [0.3, 0.4) is 0 Å². The fourth-order valence-electron chi connectivity index (χ4n) is 4.46. The van der Waals surface area contributed by atoms with E-state index in [2.05, 4.69) is 5.32 Å². The number of carbonyl (C=O) groups is 3. The third kappa shape index (κ3) is 8.55. The molecule has 1 amide bonds. The van der Waals surface area contributed by atoms with Crippen LogP contribution in [0.4, 0.5) is 13.6 Å². The second kappa shape index (κ2) is 14.5. The Morgan fingerprint density at radius 3 is 1.95 bits per heavy atom. The summed E-state index contributed by atoms with van der Waals surface area (Å²) in [5.41, 5.74) is 7.79. The molecule has 0 aliphatic carbocycles. The van der Waals surface area contributed by atoms with Crippen LogP contribution in [0.2, 0.25) is 0 Å². The van der Waals surface area contributed by atoms with Crippen LogP contribution in [0.15, 0.2) is 91.0 Å². The Labute approximate surface area is 233 Å². The normalized spacial score (nSPS) is 14.4. The van der Waals surface area contributed by atoms with Crippen molar-refractivity contribution in [3.8, 4) is 0 Å². The first-order chi connectivity index (χ1) is 19.1. The van der Waals surface area contributed by atoms with Crippen LogP contribution in [-0.4, -0.2) is 29.6 Å². The summed E-state index contributed by atoms with van der Waals surface area (Å²) < 4.78 is 36.3. The molecule has 0 aromatic heterocycles. The van der Waals surface area contributed by atoms with Gasteiger partial charge in [0.05, 0.1) is 12.0 Å². The van der Waals surface area contributed by atoms with Crippen molar-refractivity contribution in [2.75, 3.05) is 0 Å². The zero-order valence-corrected chi connectivity index (χ0v) is 22.8. The van der Waals surface area contributed by atoms with Crippen LogP contribution in [0.5, 0.6) is 0 Å². The summed E-state index contributed by atoms with van der Waals surface area (Å²) in [5, 5.41) is 2.54. The number of hydrogen-bond acceptors (Lipinski definition) is 5. The summed E-state index contributed by atoms with van der Waals surface area (Å²) in [7, 11) is 0. The zero-order valence-electron chi connectivity index (χ0n) is 22.8. The van der Waals surface area contributed by atoms with Gasteiger partial charge in [0, 0.05) is 12.5 Å². The third-order valence-electron chi connectivity index (χ3n) is 7.01. The van der Waals surface area contributed by atoms with Gasteiger partial charge in [-0.1, -0.05) is 111 Å². The minimum absolute atomic E-state index is 0.0318. The SMILES string of the molecule is CCC(C)C(NC(=O)OCc1ccccc1)C(=O)C(Cc1ccccc1)C(=O)C(F)(F)CC(N)c1ccccc1. The second-order valence-electron chi connectivity index (χ2n) is 10.0. The molecule has 4 atom stereocenters. The molecule has 0 aliphatic rings. The molecule has 0 saturated carbocycles. The summed E-state index contributed by atoms with van der Waals surface area (Å²) in [6, 6.07) is 23.5. The largest absolute Gasteiger partial charge is 0.445 e. The molecular formula is C32H36F2N2O4. The minimum Gasteiger partial charge on any atom is -0.445 e. The number of alkyl carbamates (subject to hydrolysis) is 1. The maximum atomic E-state index is 15.5. The van der Waals surface area contributed by atoms with Gasteiger partial charge in [0.1, 0.15) is 6.61 Å². The van der Waals surface area contributed by atoms with Crippen LogP contribution in [0.1, 0.15) is 49.4 Å². The first-order valence-corrected chi connectivity index (χ1v) is 13.4. The lowest BCUT2D eigenvalue weighted by atomic mass is 9.80. The van der Waals surface area contributed by atoms with Gasteiger partial charge in [-0.05, 0) is 29.0 Å². The molecule has 8 heteroatoms. The van der Waals surface area contributed by atoms with Gasteiger partial charge in [-0.25, -0.2) is 4.79 Å². The Kier molecular flexibility index (Phi) is 11.1. The summed E-state index contributed by atoms with van der Waals surface area (Å²) in [5.74, 6) is -8.32. The summed E-state index contributed by atoms with van der Waals surface area (Å²) >= 11 is 0. The number of amides is 1. The number of rotatable bonds is 14. The first kappa shape index (κ1) is 30.6. The van der Waals surface area contributed by atoms with Crippen molar-refractivity contribution in [2.24, 2.45) is 17.6 Å². The van der Waals surface area contributed by atoms with Gasteiger partial charge in [-0.2, -0.15) is 8.78 Å². The van der Waals surface area contributed by atoms with Crippen LogP contribution >= 0.6 is 0 Å². The van der Waals surface area contributed by atoms with Gasteiger partial charge in [0.15, 0.2) is 5.78 Å². The molecule has 0 radical (unpaired) electrons. The van der Waals surface area contributed by atoms with Crippen molar-refractivity contribution >= 4 is 17.7 Å². The van der Waals surface area contributed by atoms with Crippen molar-refractivity contribution in [3.05, 3.63) is 108 Å². The Balaban J connectivity index is 1.84. The zero-order chi connectivity index (χ0) is 29.1. The van der Waals surface area contributed by atoms with E-state index in [1.54, 1.807) is 91.9 Å². The Morgan fingerprint density at radius 2 is 1.40 bits per heavy atom. The highest BCUT2D eigenvalue weighted by atomic mass is 19.3. The predicted octanol–water partition coefficient (Wildman–Crippen LogP) is 6.05. The van der Waals surface area contributed by atoms with Gasteiger partial charge in [0.2, 0.25) is 5.78 Å². The van der Waals surface area contributed by atoms with Gasteiger partial charge < -0.3 is 15.8 Å². The summed E-state index contributed by atoms with van der Waals surface area (Å²) in [6.45, 7) is 3.49. The van der Waals surface area contributed by atoms with E-state index in [0.717, 1.165) is 5.56 Å². The Hall–Kier alpha value is -3.91. The minimum atomic E-state index is -3.88. The fraction of sp³-hybridized carbons (Fsp3) is 0.344. The van der Waals surface area contributed by atoms with Crippen molar-refractivity contribution in [3.63, 3.8) is 0 Å². The van der Waals surface area contributed by atoms with Crippen molar-refractivity contribution in [2.45, 2.75) is 57.7 Å². The van der Waals surface area contributed by atoms with Crippen molar-refractivity contribution in [1.82, 2.24) is 5.32 Å². The summed E-state index contributed by atoms with van der Waals surface area (Å²) in [6.07, 6.45) is -1.60. The fourth-order valence-corrected chi connectivity index (χ4v) is 4.46. The molecule has 0 bridgehead atoms. The lowest BCUT2D eigenvalue weighted by Crippen LogP contribution is -2.52. The molecular weight excluding hydrogens is 514 g/mol. The third-order valence-corrected chi connectivity index (χ3v) is 7.01. The van der Waals surface area contributed by atoms with Crippen molar-refractivity contribution < 1.29 is 27.9 Å². The molecule has 3 aromatic carbocycles. The number of carbonyl (C=O) groups excluding carboxylic acids is 3. The van der Waals surface area contributed by atoms with Crippen molar-refractivity contribution in [1.29, 1.82) is 0 Å². The molecule has 0 fully saturated rings. The molecule has 3 N–H and O–H groups in total. The van der Waals surface area contributed by atoms with Crippen LogP contribution in [-0.2, 0) is 27.4 Å². The molecule has 0 heterocycles. The number of hydrogen-bond donors (Lipinski definition) is 2. The maximum Gasteiger partial charge on any atom is 0.408 e. The predicted molar refractivity (Wildman–Crippen MR) is 150 cm³/mol. The highest BCUT2D eigenvalue weighted by Crippen LogP contribution is 2.32. The number of ketones is 2. The van der Waals surface area contributed by atoms with Crippen LogP contribution < -0.4 is 11.1 Å². The molecule has 3 rings (SSSR count). The first-order valence-electron chi connectivity index (χ1n) is 13.4. The number of ether oxygens (including phenoxy) is 1. The van der Waals surface area contributed by atoms with Gasteiger partial charge in [-0.3, -0.25) is 9.59 Å². The summed E-state index contributed by atoms with van der Waals surface area (Å²) in [4.78, 5) is 39.9. The topological polar surface area (TPSA) is 98.5 Å². The van der Waals surface area contributed by atoms with Gasteiger partial charge in [0.25, 0.3) is 0 Å². The molecule has 0 spiro atoms. The molecule has 212 valence electrons. The highest BCUT2D eigenvalue weighted by molar-refractivity contribution is 6.08. The second-order valence-corrected chi connectivity index (χ2v) is 10.0. The lowest BCUT2D eigenvalue weighted by Gasteiger charge is -2.29. The number of alkyl halides is 2. The molecule has 40 heavy (non-hydrogen) atoms. The van der Waals surface area contributed by atoms with E-state index in [1.165, 1.54) is 0 Å². The van der Waals surface area contributed by atoms with E-state index in [-0.39, 0.29) is 13.0 Å². The number of Topliss-reactive ketones (excluding diaryl/α,β-unsaturated/α-hetero) is 2. The van der Waals surface area contributed by atoms with Gasteiger partial charge >= 0.3 is 12.0 Å². The van der Waals surface area contributed by atoms with Crippen LogP contribution in [0.25, 0.3) is 0 Å². The smallest absolute Gasteiger partial charge is 0.408 e. The monoisotopic (exact) mass is 550 g/mol. The van der Waals surface area contributed by atoms with E-state index in [4.69, 9.17) is 10.5 Å². The van der Waals surface area contributed by atoms with E-state index in [9.17, 15) is 14.4 Å². The van der Waals surface area contributed by atoms with E-state index in [1.807, 2.05) is 13.0 Å². The number of nitrogens with one attached hydrogen (secondary N) is 1. The van der Waals surface area contributed by atoms with E-state index in [0.29, 0.717) is 17.5 Å². The molecule has 4 unspecified atom stereocenters. The lowest BCUT2D eigenvalue weighted by molar-refractivity contribution is -0.153. The molecule has 0 aliphatic heterocycles. The van der Waals surface area contributed by atoms with Gasteiger partial charge in [-0.15, -0.1) is 0 Å². The molecule has 3 aromatic rings. The number of nitrogens with two attached hydrogens (primary N) is 1. The molecule has 0 saturated heterocycles. The maximum absolute atomic E-state index is 15.5. The Bertz CT molecular complexity index is 1240.